The number of alkyl halides is 2. The van der Waals surface area contributed by atoms with E-state index in [4.69, 9.17) is 16.3 Å². The molecule has 1 fully saturated rings. The van der Waals surface area contributed by atoms with E-state index in [1.54, 1.807) is 24.7 Å². The van der Waals surface area contributed by atoms with Gasteiger partial charge < -0.3 is 19.7 Å². The maximum atomic E-state index is 14.2. The highest BCUT2D eigenvalue weighted by molar-refractivity contribution is 6.31. The first-order chi connectivity index (χ1) is 16.9. The molecule has 4 rings (SSSR count). The first-order valence-electron chi connectivity index (χ1n) is 10.9. The predicted octanol–water partition coefficient (Wildman–Crippen LogP) is 2.83. The minimum absolute atomic E-state index is 0.0158. The van der Waals surface area contributed by atoms with Gasteiger partial charge in [0.05, 0.1) is 24.9 Å². The number of aliphatic carboxylic acids is 1. The summed E-state index contributed by atoms with van der Waals surface area (Å²) in [6.07, 6.45) is 0.871. The summed E-state index contributed by atoms with van der Waals surface area (Å²) in [4.78, 5) is 34.8. The molecule has 192 valence electrons. The minimum atomic E-state index is -3.23. The highest BCUT2D eigenvalue weighted by atomic mass is 35.5. The Bertz CT molecular complexity index is 1290. The molecule has 0 saturated carbocycles. The van der Waals surface area contributed by atoms with E-state index in [0.717, 1.165) is 24.1 Å². The number of carbonyl (C=O) groups excluding carboxylic acids is 1. The smallest absolute Gasteiger partial charge is 0.338 e. The van der Waals surface area contributed by atoms with E-state index in [1.807, 2.05) is 0 Å². The maximum absolute atomic E-state index is 14.2. The number of carboxylic acid groups (broad SMARTS) is 1. The van der Waals surface area contributed by atoms with Gasteiger partial charge in [0.15, 0.2) is 11.7 Å². The van der Waals surface area contributed by atoms with Gasteiger partial charge >= 0.3 is 11.9 Å². The van der Waals surface area contributed by atoms with Gasteiger partial charge in [0.25, 0.3) is 5.92 Å². The third-order valence-corrected chi connectivity index (χ3v) is 6.34. The molecule has 0 aliphatic carbocycles. The lowest BCUT2D eigenvalue weighted by molar-refractivity contribution is -0.142. The molecule has 1 saturated heterocycles. The summed E-state index contributed by atoms with van der Waals surface area (Å²) in [5.41, 5.74) is 0.965. The zero-order valence-corrected chi connectivity index (χ0v) is 20.3. The van der Waals surface area contributed by atoms with E-state index in [2.05, 4.69) is 15.3 Å². The van der Waals surface area contributed by atoms with E-state index >= 15 is 0 Å². The normalized spacial score (nSPS) is 21.8. The summed E-state index contributed by atoms with van der Waals surface area (Å²) in [5.74, 6) is -5.50. The van der Waals surface area contributed by atoms with Gasteiger partial charge in [0, 0.05) is 42.5 Å². The van der Waals surface area contributed by atoms with Crippen molar-refractivity contribution >= 4 is 29.4 Å². The van der Waals surface area contributed by atoms with Crippen molar-refractivity contribution in [3.05, 3.63) is 63.6 Å². The van der Waals surface area contributed by atoms with Gasteiger partial charge in [-0.3, -0.25) is 14.7 Å². The number of aliphatic imine (C=N–C) groups is 1. The number of ether oxygens (including phenoxy) is 1. The monoisotopic (exact) mass is 525 g/mol. The molecule has 0 spiro atoms. The fourth-order valence-corrected chi connectivity index (χ4v) is 4.74. The quantitative estimate of drug-likeness (QED) is 0.558. The van der Waals surface area contributed by atoms with Crippen LogP contribution in [0.2, 0.25) is 5.02 Å². The number of esters is 1. The second kappa shape index (κ2) is 9.58. The Kier molecular flexibility index (Phi) is 6.84. The van der Waals surface area contributed by atoms with E-state index in [-0.39, 0.29) is 34.2 Å². The molecule has 1 aromatic heterocycles. The van der Waals surface area contributed by atoms with Gasteiger partial charge in [0.1, 0.15) is 17.9 Å². The SMILES string of the molecule is COC(=O)C1=C(CN2CC(F)(F)C[C@H]2C(=O)O)NC(c2nc(C)cn2C)=NC1c1ccc(F)cc1Cl. The number of methoxy groups -OCH3 is 1. The van der Waals surface area contributed by atoms with E-state index < -0.39 is 48.7 Å². The molecule has 1 aromatic carbocycles. The molecular formula is C23H23ClF3N5O4. The molecule has 0 radical (unpaired) electrons. The van der Waals surface area contributed by atoms with E-state index in [9.17, 15) is 27.9 Å². The molecule has 3 heterocycles. The number of hydrogen-bond donors (Lipinski definition) is 2. The fraction of sp³-hybridized carbons (Fsp3) is 0.391. The van der Waals surface area contributed by atoms with Gasteiger partial charge in [-0.1, -0.05) is 17.7 Å². The van der Waals surface area contributed by atoms with Crippen LogP contribution in [-0.4, -0.2) is 69.5 Å². The number of benzene rings is 1. The average molecular weight is 526 g/mol. The number of aromatic nitrogens is 2. The summed E-state index contributed by atoms with van der Waals surface area (Å²) < 4.78 is 48.8. The molecule has 2 atom stereocenters. The Morgan fingerprint density at radius 1 is 1.36 bits per heavy atom. The third kappa shape index (κ3) is 4.96. The fourth-order valence-electron chi connectivity index (χ4n) is 4.47. The van der Waals surface area contributed by atoms with Crippen LogP contribution in [0.1, 0.15) is 29.5 Å². The Morgan fingerprint density at radius 3 is 2.67 bits per heavy atom. The minimum Gasteiger partial charge on any atom is -0.480 e. The molecular weight excluding hydrogens is 503 g/mol. The van der Waals surface area contributed by atoms with Crippen LogP contribution in [0, 0.1) is 12.7 Å². The highest BCUT2D eigenvalue weighted by Gasteiger charge is 2.49. The summed E-state index contributed by atoms with van der Waals surface area (Å²) >= 11 is 6.31. The van der Waals surface area contributed by atoms with Crippen molar-refractivity contribution in [3.63, 3.8) is 0 Å². The average Bonchev–Trinajstić information content (AvgIpc) is 3.29. The Hall–Kier alpha value is -3.38. The Balaban J connectivity index is 1.87. The van der Waals surface area contributed by atoms with Crippen LogP contribution in [-0.2, 0) is 21.4 Å². The largest absolute Gasteiger partial charge is 0.480 e. The molecule has 2 aliphatic rings. The lowest BCUT2D eigenvalue weighted by Gasteiger charge is -2.30. The van der Waals surface area contributed by atoms with Crippen LogP contribution in [0.25, 0.3) is 0 Å². The van der Waals surface area contributed by atoms with Crippen LogP contribution >= 0.6 is 11.6 Å². The topological polar surface area (TPSA) is 109 Å². The number of hydrogen-bond acceptors (Lipinski definition) is 7. The summed E-state index contributed by atoms with van der Waals surface area (Å²) in [7, 11) is 2.86. The summed E-state index contributed by atoms with van der Waals surface area (Å²) in [5, 5.41) is 12.5. The Labute approximate surface area is 209 Å². The molecule has 2 aliphatic heterocycles. The first kappa shape index (κ1) is 25.7. The number of amidine groups is 1. The summed E-state index contributed by atoms with van der Waals surface area (Å²) in [6.45, 7) is 0.593. The standard InChI is InChI=1S/C23H23ClF3N5O4/c1-11-8-31(2)20(28-11)19-29-15(9-32-10-23(26,27)7-16(32)21(33)34)17(22(35)36-3)18(30-19)13-5-4-12(25)6-14(13)24/h4-6,8,16,18H,7,9-10H2,1-3H3,(H,29,30)(H,33,34)/t16-,18?/m0/s1. The van der Waals surface area contributed by atoms with Gasteiger partial charge in [-0.25, -0.2) is 22.9 Å². The van der Waals surface area contributed by atoms with Crippen molar-refractivity contribution in [2.45, 2.75) is 31.4 Å². The number of likely N-dealkylation sites (tertiary alicyclic amines) is 1. The Morgan fingerprint density at radius 2 is 2.08 bits per heavy atom. The van der Waals surface area contributed by atoms with Crippen LogP contribution in [0.5, 0.6) is 0 Å². The number of rotatable bonds is 6. The molecule has 1 unspecified atom stereocenters. The van der Waals surface area contributed by atoms with Gasteiger partial charge in [-0.05, 0) is 19.1 Å². The molecule has 0 amide bonds. The number of imidazole rings is 1. The molecule has 0 bridgehead atoms. The third-order valence-electron chi connectivity index (χ3n) is 6.01. The van der Waals surface area contributed by atoms with Crippen molar-refractivity contribution in [1.82, 2.24) is 19.8 Å². The van der Waals surface area contributed by atoms with Crippen molar-refractivity contribution in [1.29, 1.82) is 0 Å². The van der Waals surface area contributed by atoms with Crippen LogP contribution in [0.15, 0.2) is 40.7 Å². The highest BCUT2D eigenvalue weighted by Crippen LogP contribution is 2.38. The number of halogens is 4. The van der Waals surface area contributed by atoms with Crippen molar-refractivity contribution in [3.8, 4) is 0 Å². The predicted molar refractivity (Wildman–Crippen MR) is 123 cm³/mol. The van der Waals surface area contributed by atoms with Crippen LogP contribution in [0.4, 0.5) is 13.2 Å². The van der Waals surface area contributed by atoms with Crippen molar-refractivity contribution < 1.29 is 32.6 Å². The van der Waals surface area contributed by atoms with E-state index in [0.29, 0.717) is 11.5 Å². The number of nitrogens with zero attached hydrogens (tertiary/aromatic N) is 4. The number of aryl methyl sites for hydroxylation is 2. The zero-order chi connectivity index (χ0) is 26.4. The molecule has 2 N–H and O–H groups in total. The zero-order valence-electron chi connectivity index (χ0n) is 19.6. The lowest BCUT2D eigenvalue weighted by atomic mass is 9.95. The second-order valence-electron chi connectivity index (χ2n) is 8.69. The van der Waals surface area contributed by atoms with Crippen molar-refractivity contribution in [2.24, 2.45) is 12.0 Å². The van der Waals surface area contributed by atoms with Gasteiger partial charge in [0.2, 0.25) is 0 Å². The summed E-state index contributed by atoms with van der Waals surface area (Å²) in [6, 6.07) is 0.997. The molecule has 9 nitrogen and oxygen atoms in total. The van der Waals surface area contributed by atoms with Gasteiger partial charge in [-0.15, -0.1) is 0 Å². The van der Waals surface area contributed by atoms with Crippen molar-refractivity contribution in [2.75, 3.05) is 20.2 Å². The lowest BCUT2D eigenvalue weighted by Crippen LogP contribution is -2.44. The first-order valence-corrected chi connectivity index (χ1v) is 11.2. The maximum Gasteiger partial charge on any atom is 0.338 e. The number of carboxylic acids is 1. The van der Waals surface area contributed by atoms with Crippen LogP contribution < -0.4 is 5.32 Å². The molecule has 13 heteroatoms. The van der Waals surface area contributed by atoms with E-state index in [1.165, 1.54) is 6.07 Å². The number of carbonyl (C=O) groups is 2. The molecule has 36 heavy (non-hydrogen) atoms. The van der Waals surface area contributed by atoms with Crippen LogP contribution in [0.3, 0.4) is 0 Å². The second-order valence-corrected chi connectivity index (χ2v) is 9.10. The number of nitrogens with one attached hydrogen (secondary N) is 1. The van der Waals surface area contributed by atoms with Gasteiger partial charge in [-0.2, -0.15) is 0 Å². The molecule has 2 aromatic rings.